The summed E-state index contributed by atoms with van der Waals surface area (Å²) >= 11 is 2.61. The number of benzene rings is 2. The molecule has 0 atom stereocenters. The fraction of sp³-hybridized carbons (Fsp3) is 0.120. The summed E-state index contributed by atoms with van der Waals surface area (Å²) in [4.78, 5) is 42.7. The lowest BCUT2D eigenvalue weighted by Gasteiger charge is -2.10. The van der Waals surface area contributed by atoms with E-state index in [1.165, 1.54) is 30.0 Å². The predicted octanol–water partition coefficient (Wildman–Crippen LogP) is 5.24. The van der Waals surface area contributed by atoms with E-state index in [2.05, 4.69) is 16.9 Å². The third-order valence-corrected chi connectivity index (χ3v) is 7.01. The normalized spacial score (nSPS) is 10.8. The van der Waals surface area contributed by atoms with E-state index in [0.29, 0.717) is 33.2 Å². The van der Waals surface area contributed by atoms with E-state index in [4.69, 9.17) is 0 Å². The minimum absolute atomic E-state index is 0.0334. The number of carbonyl (C=O) groups excluding carboxylic acids is 2. The molecule has 0 spiro atoms. The first-order valence-corrected chi connectivity index (χ1v) is 12.0. The van der Waals surface area contributed by atoms with Crippen molar-refractivity contribution in [2.75, 3.05) is 11.1 Å². The highest BCUT2D eigenvalue weighted by molar-refractivity contribution is 7.99. The monoisotopic (exact) mass is 475 g/mol. The Morgan fingerprint density at radius 1 is 1.15 bits per heavy atom. The first-order valence-electron chi connectivity index (χ1n) is 10.2. The molecular weight excluding hydrogens is 454 g/mol. The molecule has 0 aliphatic heterocycles. The maximum atomic E-state index is 13.2. The minimum atomic E-state index is -0.231. The second-order valence-corrected chi connectivity index (χ2v) is 9.25. The molecule has 0 radical (unpaired) electrons. The maximum Gasteiger partial charge on any atom is 0.272 e. The van der Waals surface area contributed by atoms with Gasteiger partial charge in [0, 0.05) is 22.7 Å². The van der Waals surface area contributed by atoms with Gasteiger partial charge in [-0.05, 0) is 42.8 Å². The summed E-state index contributed by atoms with van der Waals surface area (Å²) in [7, 11) is 0. The van der Waals surface area contributed by atoms with Crippen LogP contribution in [0.5, 0.6) is 0 Å². The van der Waals surface area contributed by atoms with Gasteiger partial charge < -0.3 is 5.32 Å². The number of anilines is 1. The van der Waals surface area contributed by atoms with Crippen LogP contribution in [-0.2, 0) is 11.3 Å². The largest absolute Gasteiger partial charge is 0.325 e. The van der Waals surface area contributed by atoms with Crippen molar-refractivity contribution >= 4 is 50.7 Å². The third-order valence-electron chi connectivity index (χ3n) is 4.88. The SMILES string of the molecule is C=CCn1c(SCC(=O)Nc2ccc(C(C)=O)cc2)nc2cc(-c3ccccc3)sc2c1=O. The Kier molecular flexibility index (Phi) is 6.86. The molecule has 8 heteroatoms. The third kappa shape index (κ3) is 5.13. The van der Waals surface area contributed by atoms with Crippen LogP contribution in [0.15, 0.2) is 83.3 Å². The molecule has 0 saturated heterocycles. The van der Waals surface area contributed by atoms with Crippen LogP contribution >= 0.6 is 23.1 Å². The van der Waals surface area contributed by atoms with Gasteiger partial charge in [-0.15, -0.1) is 17.9 Å². The van der Waals surface area contributed by atoms with E-state index in [-0.39, 0.29) is 23.0 Å². The predicted molar refractivity (Wildman–Crippen MR) is 135 cm³/mol. The number of aromatic nitrogens is 2. The fourth-order valence-electron chi connectivity index (χ4n) is 3.25. The number of nitrogens with zero attached hydrogens (tertiary/aromatic N) is 2. The standard InChI is InChI=1S/C25H21N3O3S2/c1-3-13-28-24(31)23-20(14-21(33-23)18-7-5-4-6-8-18)27-25(28)32-15-22(30)26-19-11-9-17(10-12-19)16(2)29/h3-12,14H,1,13,15H2,2H3,(H,26,30). The van der Waals surface area contributed by atoms with Crippen LogP contribution in [0.1, 0.15) is 17.3 Å². The number of hydrogen-bond donors (Lipinski definition) is 1. The quantitative estimate of drug-likeness (QED) is 0.163. The molecule has 0 aliphatic rings. The Morgan fingerprint density at radius 3 is 2.55 bits per heavy atom. The van der Waals surface area contributed by atoms with Crippen LogP contribution in [0, 0.1) is 0 Å². The van der Waals surface area contributed by atoms with E-state index in [0.717, 1.165) is 10.4 Å². The van der Waals surface area contributed by atoms with Gasteiger partial charge in [-0.1, -0.05) is 48.2 Å². The highest BCUT2D eigenvalue weighted by Crippen LogP contribution is 2.32. The molecule has 33 heavy (non-hydrogen) atoms. The number of allylic oxidation sites excluding steroid dienone is 1. The fourth-order valence-corrected chi connectivity index (χ4v) is 5.11. The average molecular weight is 476 g/mol. The molecule has 6 nitrogen and oxygen atoms in total. The number of fused-ring (bicyclic) bond motifs is 1. The van der Waals surface area contributed by atoms with Crippen LogP contribution in [0.4, 0.5) is 5.69 Å². The summed E-state index contributed by atoms with van der Waals surface area (Å²) in [6.45, 7) is 5.54. The lowest BCUT2D eigenvalue weighted by molar-refractivity contribution is -0.113. The van der Waals surface area contributed by atoms with Gasteiger partial charge in [0.05, 0.1) is 11.3 Å². The number of thiophene rings is 1. The van der Waals surface area contributed by atoms with Crippen LogP contribution in [0.3, 0.4) is 0 Å². The molecule has 166 valence electrons. The Bertz CT molecular complexity index is 1390. The van der Waals surface area contributed by atoms with E-state index < -0.39 is 0 Å². The van der Waals surface area contributed by atoms with E-state index in [9.17, 15) is 14.4 Å². The van der Waals surface area contributed by atoms with Gasteiger partial charge >= 0.3 is 0 Å². The minimum Gasteiger partial charge on any atom is -0.325 e. The van der Waals surface area contributed by atoms with Gasteiger partial charge in [-0.2, -0.15) is 0 Å². The van der Waals surface area contributed by atoms with Crippen molar-refractivity contribution in [2.45, 2.75) is 18.6 Å². The molecule has 1 N–H and O–H groups in total. The molecule has 2 aromatic heterocycles. The second-order valence-electron chi connectivity index (χ2n) is 7.26. The van der Waals surface area contributed by atoms with Gasteiger partial charge in [-0.25, -0.2) is 4.98 Å². The average Bonchev–Trinajstić information content (AvgIpc) is 3.25. The van der Waals surface area contributed by atoms with Crippen molar-refractivity contribution in [1.29, 1.82) is 0 Å². The number of Topliss-reactive ketones (excluding diaryl/α,β-unsaturated/α-hetero) is 1. The lowest BCUT2D eigenvalue weighted by Crippen LogP contribution is -2.23. The van der Waals surface area contributed by atoms with E-state index in [1.54, 1.807) is 34.9 Å². The first-order chi connectivity index (χ1) is 16.0. The molecule has 1 amide bonds. The van der Waals surface area contributed by atoms with Gasteiger partial charge in [-0.3, -0.25) is 19.0 Å². The number of carbonyl (C=O) groups is 2. The highest BCUT2D eigenvalue weighted by atomic mass is 32.2. The Balaban J connectivity index is 1.56. The van der Waals surface area contributed by atoms with Crippen molar-refractivity contribution < 1.29 is 9.59 Å². The van der Waals surface area contributed by atoms with Gasteiger partial charge in [0.25, 0.3) is 5.56 Å². The smallest absolute Gasteiger partial charge is 0.272 e. The van der Waals surface area contributed by atoms with Crippen LogP contribution in [-0.4, -0.2) is 27.0 Å². The molecule has 0 unspecified atom stereocenters. The van der Waals surface area contributed by atoms with Crippen molar-refractivity contribution in [2.24, 2.45) is 0 Å². The molecule has 0 saturated carbocycles. The molecule has 0 fully saturated rings. The van der Waals surface area contributed by atoms with Crippen molar-refractivity contribution in [3.8, 4) is 10.4 Å². The van der Waals surface area contributed by atoms with Gasteiger partial charge in [0.2, 0.25) is 5.91 Å². The zero-order chi connectivity index (χ0) is 23.4. The zero-order valence-electron chi connectivity index (χ0n) is 17.9. The van der Waals surface area contributed by atoms with E-state index in [1.807, 2.05) is 36.4 Å². The number of hydrogen-bond acceptors (Lipinski definition) is 6. The van der Waals surface area contributed by atoms with Crippen LogP contribution in [0.25, 0.3) is 20.7 Å². The zero-order valence-corrected chi connectivity index (χ0v) is 19.5. The van der Waals surface area contributed by atoms with Crippen molar-refractivity contribution in [1.82, 2.24) is 9.55 Å². The van der Waals surface area contributed by atoms with Gasteiger partial charge in [0.15, 0.2) is 10.9 Å². The summed E-state index contributed by atoms with van der Waals surface area (Å²) in [5.74, 6) is -0.182. The summed E-state index contributed by atoms with van der Waals surface area (Å²) < 4.78 is 2.12. The van der Waals surface area contributed by atoms with Crippen LogP contribution < -0.4 is 10.9 Å². The number of rotatable bonds is 8. The summed E-state index contributed by atoms with van der Waals surface area (Å²) in [5.41, 5.74) is 2.68. The number of amides is 1. The topological polar surface area (TPSA) is 81.1 Å². The van der Waals surface area contributed by atoms with Crippen molar-refractivity contribution in [3.05, 3.63) is 89.2 Å². The molecule has 4 rings (SSSR count). The molecule has 2 aromatic carbocycles. The van der Waals surface area contributed by atoms with Crippen molar-refractivity contribution in [3.63, 3.8) is 0 Å². The second kappa shape index (κ2) is 9.97. The molecule has 4 aromatic rings. The van der Waals surface area contributed by atoms with E-state index >= 15 is 0 Å². The maximum absolute atomic E-state index is 13.2. The first kappa shape index (κ1) is 22.7. The molecule has 0 aliphatic carbocycles. The number of ketones is 1. The summed E-state index contributed by atoms with van der Waals surface area (Å²) in [6.07, 6.45) is 1.64. The van der Waals surface area contributed by atoms with Gasteiger partial charge in [0.1, 0.15) is 4.70 Å². The number of nitrogens with one attached hydrogen (secondary N) is 1. The molecular formula is C25H21N3O3S2. The number of thioether (sulfide) groups is 1. The summed E-state index contributed by atoms with van der Waals surface area (Å²) in [6, 6.07) is 18.5. The Hall–Kier alpha value is -3.49. The molecule has 0 bridgehead atoms. The Labute approximate surface area is 199 Å². The molecule has 2 heterocycles. The highest BCUT2D eigenvalue weighted by Gasteiger charge is 2.16. The van der Waals surface area contributed by atoms with Crippen LogP contribution in [0.2, 0.25) is 0 Å². The Morgan fingerprint density at radius 2 is 1.88 bits per heavy atom. The lowest BCUT2D eigenvalue weighted by atomic mass is 10.1. The summed E-state index contributed by atoms with van der Waals surface area (Å²) in [5, 5.41) is 3.27.